The van der Waals surface area contributed by atoms with Crippen LogP contribution in [0, 0.1) is 0 Å². The van der Waals surface area contributed by atoms with Gasteiger partial charge < -0.3 is 4.90 Å². The van der Waals surface area contributed by atoms with Gasteiger partial charge in [-0.05, 0) is 30.7 Å². The second kappa shape index (κ2) is 8.90. The number of hydrogen-bond donors (Lipinski definition) is 0. The number of nitrogens with zero attached hydrogens (tertiary/aromatic N) is 1. The number of ketones is 1. The summed E-state index contributed by atoms with van der Waals surface area (Å²) in [6.07, 6.45) is 3.68. The molecule has 0 saturated heterocycles. The van der Waals surface area contributed by atoms with Gasteiger partial charge in [0.1, 0.15) is 5.78 Å². The van der Waals surface area contributed by atoms with E-state index in [1.54, 1.807) is 16.2 Å². The lowest BCUT2D eigenvalue weighted by Crippen LogP contribution is -2.29. The minimum Gasteiger partial charge on any atom is -0.346 e. The molecule has 1 unspecified atom stereocenters. The molecule has 0 aliphatic heterocycles. The fourth-order valence-corrected chi connectivity index (χ4v) is 3.11. The first-order valence-corrected chi connectivity index (χ1v) is 8.28. The third-order valence-electron chi connectivity index (χ3n) is 3.41. The Morgan fingerprint density at radius 3 is 2.50 bits per heavy atom. The molecule has 0 radical (unpaired) electrons. The third-order valence-corrected chi connectivity index (χ3v) is 4.40. The summed E-state index contributed by atoms with van der Waals surface area (Å²) in [4.78, 5) is 26.9. The maximum absolute atomic E-state index is 12.3. The van der Waals surface area contributed by atoms with Crippen LogP contribution in [-0.2, 0) is 9.59 Å². The molecule has 0 N–H and O–H groups in total. The number of rotatable bonds is 9. The highest BCUT2D eigenvalue weighted by Gasteiger charge is 2.21. The first kappa shape index (κ1) is 16.9. The maximum atomic E-state index is 12.3. The van der Waals surface area contributed by atoms with Crippen LogP contribution < -0.4 is 0 Å². The number of amides is 1. The van der Waals surface area contributed by atoms with Crippen LogP contribution >= 0.6 is 11.3 Å². The lowest BCUT2D eigenvalue weighted by atomic mass is 9.95. The second-order valence-corrected chi connectivity index (χ2v) is 6.12. The van der Waals surface area contributed by atoms with Gasteiger partial charge in [0.25, 0.3) is 0 Å². The molecule has 1 aromatic heterocycles. The molecule has 1 heterocycles. The summed E-state index contributed by atoms with van der Waals surface area (Å²) in [6, 6.07) is 4.01. The van der Waals surface area contributed by atoms with Crippen LogP contribution in [0.15, 0.2) is 17.5 Å². The van der Waals surface area contributed by atoms with Crippen molar-refractivity contribution >= 4 is 23.0 Å². The molecule has 0 aromatic carbocycles. The molecular weight excluding hydrogens is 270 g/mol. The van der Waals surface area contributed by atoms with Gasteiger partial charge in [-0.2, -0.15) is 0 Å². The van der Waals surface area contributed by atoms with E-state index in [4.69, 9.17) is 0 Å². The van der Waals surface area contributed by atoms with Crippen molar-refractivity contribution in [2.24, 2.45) is 0 Å². The van der Waals surface area contributed by atoms with E-state index in [1.165, 1.54) is 0 Å². The molecule has 0 fully saturated rings. The van der Waals surface area contributed by atoms with Gasteiger partial charge in [0.05, 0.1) is 5.92 Å². The van der Waals surface area contributed by atoms with Crippen molar-refractivity contribution in [3.63, 3.8) is 0 Å². The molecular formula is C16H25NO2S. The van der Waals surface area contributed by atoms with Crippen molar-refractivity contribution in [2.75, 3.05) is 13.6 Å². The smallest absolute Gasteiger partial charge is 0.222 e. The predicted octanol–water partition coefficient (Wildman–Crippen LogP) is 3.85. The number of carbonyl (C=O) groups is 2. The average Bonchev–Trinajstić information content (AvgIpc) is 2.93. The summed E-state index contributed by atoms with van der Waals surface area (Å²) in [6.45, 7) is 4.68. The fraction of sp³-hybridized carbons (Fsp3) is 0.625. The molecule has 0 aliphatic rings. The Bertz CT molecular complexity index is 414. The Hall–Kier alpha value is -1.16. The monoisotopic (exact) mass is 295 g/mol. The van der Waals surface area contributed by atoms with E-state index in [1.807, 2.05) is 38.4 Å². The highest BCUT2D eigenvalue weighted by molar-refractivity contribution is 7.10. The van der Waals surface area contributed by atoms with Crippen molar-refractivity contribution in [1.82, 2.24) is 4.90 Å². The Kier molecular flexibility index (Phi) is 7.52. The standard InChI is InChI=1S/C16H25NO2S/c1-4-7-14(18)13(15-9-6-12-20-15)10-11-17(3)16(19)8-5-2/h6,9,12-13H,4-5,7-8,10-11H2,1-3H3. The zero-order chi connectivity index (χ0) is 15.0. The van der Waals surface area contributed by atoms with E-state index < -0.39 is 0 Å². The highest BCUT2D eigenvalue weighted by atomic mass is 32.1. The molecule has 0 saturated carbocycles. The molecule has 3 nitrogen and oxygen atoms in total. The van der Waals surface area contributed by atoms with Crippen LogP contribution in [0.4, 0.5) is 0 Å². The molecule has 1 atom stereocenters. The van der Waals surface area contributed by atoms with Gasteiger partial charge in [0.15, 0.2) is 0 Å². The molecule has 4 heteroatoms. The third kappa shape index (κ3) is 5.08. The van der Waals surface area contributed by atoms with E-state index in [-0.39, 0.29) is 11.8 Å². The summed E-state index contributed by atoms with van der Waals surface area (Å²) in [5.74, 6) is 0.415. The van der Waals surface area contributed by atoms with Crippen LogP contribution in [-0.4, -0.2) is 30.2 Å². The van der Waals surface area contributed by atoms with Crippen molar-refractivity contribution in [3.8, 4) is 0 Å². The zero-order valence-electron chi connectivity index (χ0n) is 12.7. The molecule has 1 rings (SSSR count). The Morgan fingerprint density at radius 1 is 1.25 bits per heavy atom. The average molecular weight is 295 g/mol. The largest absolute Gasteiger partial charge is 0.346 e. The van der Waals surface area contributed by atoms with E-state index in [9.17, 15) is 9.59 Å². The maximum Gasteiger partial charge on any atom is 0.222 e. The summed E-state index contributed by atoms with van der Waals surface area (Å²) in [7, 11) is 1.83. The van der Waals surface area contributed by atoms with Crippen LogP contribution in [0.3, 0.4) is 0 Å². The van der Waals surface area contributed by atoms with E-state index >= 15 is 0 Å². The van der Waals surface area contributed by atoms with Gasteiger partial charge in [-0.3, -0.25) is 9.59 Å². The molecule has 1 aromatic rings. The zero-order valence-corrected chi connectivity index (χ0v) is 13.5. The summed E-state index contributed by atoms with van der Waals surface area (Å²) >= 11 is 1.63. The van der Waals surface area contributed by atoms with Crippen LogP contribution in [0.2, 0.25) is 0 Å². The first-order chi connectivity index (χ1) is 9.60. The number of hydrogen-bond acceptors (Lipinski definition) is 3. The van der Waals surface area contributed by atoms with Gasteiger partial charge in [0, 0.05) is 31.3 Å². The van der Waals surface area contributed by atoms with Gasteiger partial charge in [-0.1, -0.05) is 19.9 Å². The lowest BCUT2D eigenvalue weighted by molar-refractivity contribution is -0.130. The van der Waals surface area contributed by atoms with Crippen molar-refractivity contribution in [2.45, 2.75) is 51.9 Å². The number of Topliss-reactive ketones (excluding diaryl/α,β-unsaturated/α-hetero) is 1. The molecule has 20 heavy (non-hydrogen) atoms. The first-order valence-electron chi connectivity index (χ1n) is 7.40. The summed E-state index contributed by atoms with van der Waals surface area (Å²) in [5, 5.41) is 2.01. The predicted molar refractivity (Wildman–Crippen MR) is 84.1 cm³/mol. The van der Waals surface area contributed by atoms with Gasteiger partial charge in [0.2, 0.25) is 5.91 Å². The molecule has 112 valence electrons. The summed E-state index contributed by atoms with van der Waals surface area (Å²) < 4.78 is 0. The molecule has 1 amide bonds. The Morgan fingerprint density at radius 2 is 1.95 bits per heavy atom. The van der Waals surface area contributed by atoms with Gasteiger partial charge in [-0.15, -0.1) is 11.3 Å². The Balaban J connectivity index is 2.62. The van der Waals surface area contributed by atoms with Crippen LogP contribution in [0.1, 0.15) is 56.7 Å². The van der Waals surface area contributed by atoms with Crippen molar-refractivity contribution < 1.29 is 9.59 Å². The molecule has 0 aliphatic carbocycles. The van der Waals surface area contributed by atoms with Crippen molar-refractivity contribution in [3.05, 3.63) is 22.4 Å². The molecule has 0 bridgehead atoms. The van der Waals surface area contributed by atoms with Gasteiger partial charge >= 0.3 is 0 Å². The van der Waals surface area contributed by atoms with E-state index in [0.29, 0.717) is 25.2 Å². The Labute approximate surface area is 126 Å². The second-order valence-electron chi connectivity index (χ2n) is 5.14. The fourth-order valence-electron chi connectivity index (χ4n) is 2.22. The van der Waals surface area contributed by atoms with Gasteiger partial charge in [-0.25, -0.2) is 0 Å². The minimum absolute atomic E-state index is 0.0492. The van der Waals surface area contributed by atoms with Crippen LogP contribution in [0.5, 0.6) is 0 Å². The molecule has 0 spiro atoms. The highest BCUT2D eigenvalue weighted by Crippen LogP contribution is 2.27. The van der Waals surface area contributed by atoms with E-state index in [2.05, 4.69) is 0 Å². The van der Waals surface area contributed by atoms with Crippen molar-refractivity contribution in [1.29, 1.82) is 0 Å². The summed E-state index contributed by atoms with van der Waals surface area (Å²) in [5.41, 5.74) is 0. The number of thiophene rings is 1. The van der Waals surface area contributed by atoms with E-state index in [0.717, 1.165) is 24.1 Å². The van der Waals surface area contributed by atoms with Crippen LogP contribution in [0.25, 0.3) is 0 Å². The number of carbonyl (C=O) groups excluding carboxylic acids is 2. The normalized spacial score (nSPS) is 12.2. The minimum atomic E-state index is -0.0492. The SMILES string of the molecule is CCCC(=O)C(CCN(C)C(=O)CCC)c1cccs1. The quantitative estimate of drug-likeness (QED) is 0.694. The topological polar surface area (TPSA) is 37.4 Å². The lowest BCUT2D eigenvalue weighted by Gasteiger charge is -2.20.